The fourth-order valence-corrected chi connectivity index (χ4v) is 6.08. The molecule has 0 aliphatic rings. The summed E-state index contributed by atoms with van der Waals surface area (Å²) in [6, 6.07) is 52.4. The molecule has 0 aliphatic heterocycles. The first-order valence-electron chi connectivity index (χ1n) is 13.0. The molecule has 8 aromatic rings. The van der Waals surface area contributed by atoms with Crippen molar-refractivity contribution in [3.63, 3.8) is 0 Å². The lowest BCUT2D eigenvalue weighted by Gasteiger charge is -2.14. The molecule has 0 saturated carbocycles. The lowest BCUT2D eigenvalue weighted by atomic mass is 10.0. The summed E-state index contributed by atoms with van der Waals surface area (Å²) in [5.74, 6) is 0. The van der Waals surface area contributed by atoms with Crippen LogP contribution in [0.2, 0.25) is 0 Å². The summed E-state index contributed by atoms with van der Waals surface area (Å²) in [6.07, 6.45) is 0. The molecular formula is C36H24N2. The number of fused-ring (bicyclic) bond motifs is 6. The molecule has 0 N–H and O–H groups in total. The van der Waals surface area contributed by atoms with Crippen molar-refractivity contribution in [2.75, 3.05) is 0 Å². The third-order valence-electron chi connectivity index (χ3n) is 7.71. The first-order chi connectivity index (χ1) is 18.9. The third kappa shape index (κ3) is 3.01. The maximum Gasteiger partial charge on any atom is 0.0562 e. The SMILES string of the molecule is c1ccc(-c2ccccc2-n2c3ccccc3c3cc4c5ccccc5n(-c5ccccc5)c4cc32)cc1. The van der Waals surface area contributed by atoms with Crippen molar-refractivity contribution < 1.29 is 0 Å². The Balaban J connectivity index is 1.55. The van der Waals surface area contributed by atoms with Crippen LogP contribution in [0, 0.1) is 0 Å². The monoisotopic (exact) mass is 484 g/mol. The van der Waals surface area contributed by atoms with Crippen molar-refractivity contribution in [2.24, 2.45) is 0 Å². The number of nitrogens with zero attached hydrogens (tertiary/aromatic N) is 2. The van der Waals surface area contributed by atoms with Crippen LogP contribution in [0.3, 0.4) is 0 Å². The number of para-hydroxylation sites is 4. The van der Waals surface area contributed by atoms with Gasteiger partial charge in [-0.15, -0.1) is 0 Å². The Bertz CT molecular complexity index is 2110. The normalized spacial score (nSPS) is 11.7. The molecule has 0 spiro atoms. The van der Waals surface area contributed by atoms with Gasteiger partial charge in [-0.3, -0.25) is 0 Å². The minimum Gasteiger partial charge on any atom is -0.309 e. The van der Waals surface area contributed by atoms with Crippen LogP contribution in [0.5, 0.6) is 0 Å². The minimum atomic E-state index is 1.17. The Kier molecular flexibility index (Phi) is 4.55. The predicted molar refractivity (Wildman–Crippen MR) is 161 cm³/mol. The fraction of sp³-hybridized carbons (Fsp3) is 0. The van der Waals surface area contributed by atoms with Crippen LogP contribution in [-0.2, 0) is 0 Å². The largest absolute Gasteiger partial charge is 0.309 e. The molecule has 0 bridgehead atoms. The quantitative estimate of drug-likeness (QED) is 0.236. The molecule has 0 unspecified atom stereocenters. The van der Waals surface area contributed by atoms with Crippen LogP contribution in [0.4, 0.5) is 0 Å². The highest BCUT2D eigenvalue weighted by Gasteiger charge is 2.19. The van der Waals surface area contributed by atoms with Gasteiger partial charge in [-0.05, 0) is 48.0 Å². The number of aromatic nitrogens is 2. The molecule has 0 atom stereocenters. The highest BCUT2D eigenvalue weighted by atomic mass is 15.0. The average molecular weight is 485 g/mol. The van der Waals surface area contributed by atoms with Gasteiger partial charge in [-0.2, -0.15) is 0 Å². The topological polar surface area (TPSA) is 9.86 Å². The number of benzene rings is 6. The molecular weight excluding hydrogens is 460 g/mol. The second-order valence-electron chi connectivity index (χ2n) is 9.81. The Hall–Kier alpha value is -5.08. The molecule has 38 heavy (non-hydrogen) atoms. The zero-order chi connectivity index (χ0) is 25.1. The molecule has 0 amide bonds. The van der Waals surface area contributed by atoms with Gasteiger partial charge in [0.05, 0.1) is 27.8 Å². The van der Waals surface area contributed by atoms with E-state index in [2.05, 4.69) is 155 Å². The van der Waals surface area contributed by atoms with Crippen molar-refractivity contribution in [1.29, 1.82) is 0 Å². The van der Waals surface area contributed by atoms with Gasteiger partial charge in [0.1, 0.15) is 0 Å². The molecule has 0 aliphatic carbocycles. The molecule has 6 aromatic carbocycles. The summed E-state index contributed by atoms with van der Waals surface area (Å²) in [5.41, 5.74) is 9.66. The predicted octanol–water partition coefficient (Wildman–Crippen LogP) is 9.55. The Morgan fingerprint density at radius 1 is 0.342 bits per heavy atom. The lowest BCUT2D eigenvalue weighted by molar-refractivity contribution is 1.17. The van der Waals surface area contributed by atoms with E-state index in [0.717, 1.165) is 0 Å². The van der Waals surface area contributed by atoms with E-state index in [-0.39, 0.29) is 0 Å². The second kappa shape index (κ2) is 8.22. The average Bonchev–Trinajstić information content (AvgIpc) is 3.49. The van der Waals surface area contributed by atoms with E-state index in [0.29, 0.717) is 0 Å². The van der Waals surface area contributed by atoms with Crippen LogP contribution >= 0.6 is 0 Å². The van der Waals surface area contributed by atoms with Crippen molar-refractivity contribution in [3.05, 3.63) is 146 Å². The first-order valence-corrected chi connectivity index (χ1v) is 13.0. The molecule has 2 nitrogen and oxygen atoms in total. The number of hydrogen-bond donors (Lipinski definition) is 0. The van der Waals surface area contributed by atoms with E-state index in [1.165, 1.54) is 66.1 Å². The smallest absolute Gasteiger partial charge is 0.0562 e. The molecule has 0 saturated heterocycles. The number of hydrogen-bond acceptors (Lipinski definition) is 0. The maximum atomic E-state index is 2.44. The molecule has 0 radical (unpaired) electrons. The Labute approximate surface area is 220 Å². The van der Waals surface area contributed by atoms with Gasteiger partial charge in [0.25, 0.3) is 0 Å². The number of rotatable bonds is 3. The van der Waals surface area contributed by atoms with Gasteiger partial charge in [0, 0.05) is 32.8 Å². The van der Waals surface area contributed by atoms with Crippen molar-refractivity contribution in [2.45, 2.75) is 0 Å². The van der Waals surface area contributed by atoms with Crippen LogP contribution < -0.4 is 0 Å². The van der Waals surface area contributed by atoms with Gasteiger partial charge < -0.3 is 9.13 Å². The van der Waals surface area contributed by atoms with Gasteiger partial charge in [-0.1, -0.05) is 103 Å². The summed E-state index contributed by atoms with van der Waals surface area (Å²) < 4.78 is 4.84. The van der Waals surface area contributed by atoms with E-state index in [9.17, 15) is 0 Å². The third-order valence-corrected chi connectivity index (χ3v) is 7.71. The van der Waals surface area contributed by atoms with E-state index in [1.807, 2.05) is 0 Å². The molecule has 0 fully saturated rings. The van der Waals surface area contributed by atoms with E-state index < -0.39 is 0 Å². The molecule has 178 valence electrons. The van der Waals surface area contributed by atoms with E-state index in [1.54, 1.807) is 0 Å². The van der Waals surface area contributed by atoms with E-state index >= 15 is 0 Å². The Morgan fingerprint density at radius 3 is 1.58 bits per heavy atom. The van der Waals surface area contributed by atoms with Crippen LogP contribution in [0.15, 0.2) is 146 Å². The second-order valence-corrected chi connectivity index (χ2v) is 9.81. The van der Waals surface area contributed by atoms with Crippen molar-refractivity contribution >= 4 is 43.6 Å². The van der Waals surface area contributed by atoms with E-state index in [4.69, 9.17) is 0 Å². The van der Waals surface area contributed by atoms with Gasteiger partial charge in [0.15, 0.2) is 0 Å². The standard InChI is InChI=1S/C36H24N2/c1-3-13-25(14-4-1)27-17-7-10-20-32(27)38-34-22-12-9-19-29(34)31-23-30-28-18-8-11-21-33(28)37(35(30)24-36(31)38)26-15-5-2-6-16-26/h1-24H. The maximum absolute atomic E-state index is 2.44. The van der Waals surface area contributed by atoms with Crippen LogP contribution in [0.1, 0.15) is 0 Å². The van der Waals surface area contributed by atoms with Crippen molar-refractivity contribution in [3.8, 4) is 22.5 Å². The van der Waals surface area contributed by atoms with Crippen molar-refractivity contribution in [1.82, 2.24) is 9.13 Å². The molecule has 2 heteroatoms. The Morgan fingerprint density at radius 2 is 0.868 bits per heavy atom. The molecule has 2 heterocycles. The minimum absolute atomic E-state index is 1.17. The summed E-state index contributed by atoms with van der Waals surface area (Å²) in [4.78, 5) is 0. The highest BCUT2D eigenvalue weighted by molar-refractivity contribution is 6.19. The molecule has 2 aromatic heterocycles. The van der Waals surface area contributed by atoms with Gasteiger partial charge in [0.2, 0.25) is 0 Å². The van der Waals surface area contributed by atoms with Gasteiger partial charge in [-0.25, -0.2) is 0 Å². The lowest BCUT2D eigenvalue weighted by Crippen LogP contribution is -1.98. The highest BCUT2D eigenvalue weighted by Crippen LogP contribution is 2.40. The fourth-order valence-electron chi connectivity index (χ4n) is 6.08. The van der Waals surface area contributed by atoms with Crippen LogP contribution in [-0.4, -0.2) is 9.13 Å². The summed E-state index contributed by atoms with van der Waals surface area (Å²) in [7, 11) is 0. The zero-order valence-corrected chi connectivity index (χ0v) is 20.8. The summed E-state index contributed by atoms with van der Waals surface area (Å²) in [6.45, 7) is 0. The van der Waals surface area contributed by atoms with Gasteiger partial charge >= 0.3 is 0 Å². The zero-order valence-electron chi connectivity index (χ0n) is 20.8. The summed E-state index contributed by atoms with van der Waals surface area (Å²) >= 11 is 0. The molecule has 8 rings (SSSR count). The van der Waals surface area contributed by atoms with Crippen LogP contribution in [0.25, 0.3) is 66.1 Å². The summed E-state index contributed by atoms with van der Waals surface area (Å²) in [5, 5.41) is 5.08. The first kappa shape index (κ1) is 21.0.